The third-order valence-electron chi connectivity index (χ3n) is 2.82. The first-order valence-electron chi connectivity index (χ1n) is 5.94. The first-order valence-corrected chi connectivity index (χ1v) is 6.75. The van der Waals surface area contributed by atoms with Gasteiger partial charge in [-0.25, -0.2) is 0 Å². The summed E-state index contributed by atoms with van der Waals surface area (Å²) in [5, 5.41) is 11.9. The quantitative estimate of drug-likeness (QED) is 0.389. The summed E-state index contributed by atoms with van der Waals surface area (Å²) in [5.41, 5.74) is 8.91. The molecule has 3 N–H and O–H groups in total. The van der Waals surface area contributed by atoms with Gasteiger partial charge in [-0.2, -0.15) is 0 Å². The topological polar surface area (TPSA) is 58.6 Å². The van der Waals surface area contributed by atoms with Gasteiger partial charge in [0.25, 0.3) is 0 Å². The van der Waals surface area contributed by atoms with Gasteiger partial charge in [-0.1, -0.05) is 52.8 Å². The second-order valence-electron chi connectivity index (χ2n) is 4.35. The van der Waals surface area contributed by atoms with Gasteiger partial charge in [0.15, 0.2) is 5.84 Å². The van der Waals surface area contributed by atoms with Crippen LogP contribution in [0.5, 0.6) is 0 Å². The number of nitrogens with zero attached hydrogens (tertiary/aromatic N) is 1. The third kappa shape index (κ3) is 3.09. The number of oxime groups is 1. The smallest absolute Gasteiger partial charge is 0.171 e. The van der Waals surface area contributed by atoms with Gasteiger partial charge in [-0.15, -0.1) is 0 Å². The molecule has 3 nitrogen and oxygen atoms in total. The van der Waals surface area contributed by atoms with Gasteiger partial charge in [0.1, 0.15) is 0 Å². The number of nitrogens with two attached hydrogens (primary N) is 1. The van der Waals surface area contributed by atoms with E-state index in [0.29, 0.717) is 0 Å². The van der Waals surface area contributed by atoms with E-state index < -0.39 is 0 Å². The average Bonchev–Trinajstić information content (AvgIpc) is 2.41. The number of aryl methyl sites for hydroxylation is 2. The predicted molar refractivity (Wildman–Crippen MR) is 79.0 cm³/mol. The van der Waals surface area contributed by atoms with Crippen molar-refractivity contribution in [3.05, 3.63) is 59.2 Å². The van der Waals surface area contributed by atoms with Crippen LogP contribution in [0, 0.1) is 13.8 Å². The molecule has 0 radical (unpaired) electrons. The first-order chi connectivity index (χ1) is 9.11. The maximum Gasteiger partial charge on any atom is 0.171 e. The van der Waals surface area contributed by atoms with Crippen LogP contribution in [-0.4, -0.2) is 11.0 Å². The molecule has 0 atom stereocenters. The fraction of sp³-hybridized carbons (Fsp3) is 0.133. The van der Waals surface area contributed by atoms with Gasteiger partial charge >= 0.3 is 0 Å². The highest BCUT2D eigenvalue weighted by molar-refractivity contribution is 7.99. The van der Waals surface area contributed by atoms with Gasteiger partial charge in [-0.3, -0.25) is 0 Å². The number of hydrogen-bond donors (Lipinski definition) is 2. The Balaban J connectivity index is 2.38. The first kappa shape index (κ1) is 13.5. The van der Waals surface area contributed by atoms with Gasteiger partial charge < -0.3 is 10.9 Å². The summed E-state index contributed by atoms with van der Waals surface area (Å²) in [4.78, 5) is 2.15. The van der Waals surface area contributed by atoms with Gasteiger partial charge in [0, 0.05) is 15.4 Å². The lowest BCUT2D eigenvalue weighted by molar-refractivity contribution is 0.318. The second kappa shape index (κ2) is 5.80. The van der Waals surface area contributed by atoms with E-state index in [9.17, 15) is 0 Å². The summed E-state index contributed by atoms with van der Waals surface area (Å²) >= 11 is 1.62. The number of hydrogen-bond acceptors (Lipinski definition) is 3. The molecule has 2 rings (SSSR count). The second-order valence-corrected chi connectivity index (χ2v) is 5.44. The molecule has 0 spiro atoms. The van der Waals surface area contributed by atoms with E-state index in [1.165, 1.54) is 16.0 Å². The molecule has 2 aromatic rings. The lowest BCUT2D eigenvalue weighted by Crippen LogP contribution is -2.14. The van der Waals surface area contributed by atoms with Crippen LogP contribution in [0.1, 0.15) is 16.7 Å². The normalized spacial score (nSPS) is 11.6. The van der Waals surface area contributed by atoms with E-state index >= 15 is 0 Å². The van der Waals surface area contributed by atoms with Crippen molar-refractivity contribution in [3.63, 3.8) is 0 Å². The molecule has 0 amide bonds. The third-order valence-corrected chi connectivity index (χ3v) is 4.07. The SMILES string of the molecule is Cc1ccc(Sc2ccccc2/C(N)=N/O)c(C)c1. The van der Waals surface area contributed by atoms with Crippen LogP contribution in [-0.2, 0) is 0 Å². The molecule has 0 aromatic heterocycles. The number of benzene rings is 2. The molecule has 0 aliphatic heterocycles. The Morgan fingerprint density at radius 2 is 1.84 bits per heavy atom. The number of amidine groups is 1. The Labute approximate surface area is 117 Å². The summed E-state index contributed by atoms with van der Waals surface area (Å²) in [6.45, 7) is 4.16. The standard InChI is InChI=1S/C15H16N2OS/c1-10-7-8-13(11(2)9-10)19-14-6-4-3-5-12(14)15(16)17-18/h3-9,18H,1-2H3,(H2,16,17). The van der Waals surface area contributed by atoms with Crippen LogP contribution in [0.4, 0.5) is 0 Å². The minimum absolute atomic E-state index is 0.132. The molecule has 0 heterocycles. The van der Waals surface area contributed by atoms with Crippen LogP contribution in [0.25, 0.3) is 0 Å². The Morgan fingerprint density at radius 1 is 1.11 bits per heavy atom. The summed E-state index contributed by atoms with van der Waals surface area (Å²) < 4.78 is 0. The van der Waals surface area contributed by atoms with Crippen LogP contribution in [0.3, 0.4) is 0 Å². The molecule has 98 valence electrons. The minimum Gasteiger partial charge on any atom is -0.409 e. The molecule has 0 unspecified atom stereocenters. The van der Waals surface area contributed by atoms with Crippen molar-refractivity contribution in [3.8, 4) is 0 Å². The van der Waals surface area contributed by atoms with Crippen molar-refractivity contribution in [1.82, 2.24) is 0 Å². The molecule has 0 aliphatic carbocycles. The molecular formula is C15H16N2OS. The lowest BCUT2D eigenvalue weighted by Gasteiger charge is -2.10. The zero-order chi connectivity index (χ0) is 13.8. The molecule has 2 aromatic carbocycles. The molecule has 0 fully saturated rings. The zero-order valence-electron chi connectivity index (χ0n) is 10.9. The maximum atomic E-state index is 8.82. The Hall–Kier alpha value is -1.94. The fourth-order valence-corrected chi connectivity index (χ4v) is 2.88. The lowest BCUT2D eigenvalue weighted by atomic mass is 10.2. The monoisotopic (exact) mass is 272 g/mol. The average molecular weight is 272 g/mol. The van der Waals surface area contributed by atoms with Crippen molar-refractivity contribution in [2.24, 2.45) is 10.9 Å². The van der Waals surface area contributed by atoms with E-state index in [2.05, 4.69) is 37.2 Å². The highest BCUT2D eigenvalue weighted by Gasteiger charge is 2.09. The van der Waals surface area contributed by atoms with Crippen molar-refractivity contribution >= 4 is 17.6 Å². The van der Waals surface area contributed by atoms with E-state index in [-0.39, 0.29) is 5.84 Å². The molecular weight excluding hydrogens is 256 g/mol. The van der Waals surface area contributed by atoms with E-state index in [1.807, 2.05) is 24.3 Å². The van der Waals surface area contributed by atoms with Crippen LogP contribution in [0.15, 0.2) is 57.4 Å². The summed E-state index contributed by atoms with van der Waals surface area (Å²) in [6, 6.07) is 14.0. The highest BCUT2D eigenvalue weighted by Crippen LogP contribution is 2.32. The Morgan fingerprint density at radius 3 is 2.53 bits per heavy atom. The summed E-state index contributed by atoms with van der Waals surface area (Å²) in [7, 11) is 0. The van der Waals surface area contributed by atoms with E-state index in [0.717, 1.165) is 10.5 Å². The van der Waals surface area contributed by atoms with Gasteiger partial charge in [0.05, 0.1) is 0 Å². The molecule has 19 heavy (non-hydrogen) atoms. The maximum absolute atomic E-state index is 8.82. The Bertz CT molecular complexity index is 623. The molecule has 0 aliphatic rings. The van der Waals surface area contributed by atoms with Crippen molar-refractivity contribution in [1.29, 1.82) is 0 Å². The molecule has 0 bridgehead atoms. The zero-order valence-corrected chi connectivity index (χ0v) is 11.7. The molecule has 0 saturated carbocycles. The molecule has 4 heteroatoms. The van der Waals surface area contributed by atoms with Crippen molar-refractivity contribution in [2.45, 2.75) is 23.6 Å². The largest absolute Gasteiger partial charge is 0.409 e. The van der Waals surface area contributed by atoms with Crippen molar-refractivity contribution in [2.75, 3.05) is 0 Å². The molecule has 0 saturated heterocycles. The van der Waals surface area contributed by atoms with Gasteiger partial charge in [0.2, 0.25) is 0 Å². The van der Waals surface area contributed by atoms with Crippen LogP contribution in [0.2, 0.25) is 0 Å². The van der Waals surface area contributed by atoms with Crippen LogP contribution < -0.4 is 5.73 Å². The summed E-state index contributed by atoms with van der Waals surface area (Å²) in [5.74, 6) is 0.132. The Kier molecular flexibility index (Phi) is 4.12. The van der Waals surface area contributed by atoms with Crippen molar-refractivity contribution < 1.29 is 5.21 Å². The fourth-order valence-electron chi connectivity index (χ4n) is 1.85. The van der Waals surface area contributed by atoms with Crippen LogP contribution >= 0.6 is 11.8 Å². The highest BCUT2D eigenvalue weighted by atomic mass is 32.2. The number of rotatable bonds is 3. The van der Waals surface area contributed by atoms with E-state index in [1.54, 1.807) is 11.8 Å². The minimum atomic E-state index is 0.132. The van der Waals surface area contributed by atoms with E-state index in [4.69, 9.17) is 10.9 Å². The predicted octanol–water partition coefficient (Wildman–Crippen LogP) is 3.55. The van der Waals surface area contributed by atoms with Gasteiger partial charge in [-0.05, 0) is 31.5 Å². The summed E-state index contributed by atoms with van der Waals surface area (Å²) in [6.07, 6.45) is 0.